The van der Waals surface area contributed by atoms with Crippen LogP contribution in [0.1, 0.15) is 31.1 Å². The van der Waals surface area contributed by atoms with Gasteiger partial charge in [0, 0.05) is 21.3 Å². The zero-order valence-electron chi connectivity index (χ0n) is 17.3. The molecular weight excluding hydrogens is 480 g/mol. The number of nitrogens with one attached hydrogen (secondary N) is 1. The fourth-order valence-corrected chi connectivity index (χ4v) is 4.13. The van der Waals surface area contributed by atoms with Gasteiger partial charge in [0.05, 0.1) is 16.8 Å². The van der Waals surface area contributed by atoms with Crippen LogP contribution in [-0.4, -0.2) is 17.7 Å². The summed E-state index contributed by atoms with van der Waals surface area (Å²) in [5, 5.41) is 2.94. The molecular formula is C27H17BrN2O3. The van der Waals surface area contributed by atoms with E-state index in [4.69, 9.17) is 0 Å². The molecule has 1 aliphatic rings. The predicted molar refractivity (Wildman–Crippen MR) is 132 cm³/mol. The van der Waals surface area contributed by atoms with Gasteiger partial charge in [0.2, 0.25) is 0 Å². The molecule has 3 amide bonds. The van der Waals surface area contributed by atoms with Gasteiger partial charge in [0.1, 0.15) is 0 Å². The number of halogens is 1. The van der Waals surface area contributed by atoms with Gasteiger partial charge < -0.3 is 5.32 Å². The van der Waals surface area contributed by atoms with Crippen molar-refractivity contribution in [1.82, 2.24) is 0 Å². The minimum atomic E-state index is -0.448. The quantitative estimate of drug-likeness (QED) is 0.343. The zero-order chi connectivity index (χ0) is 22.9. The zero-order valence-corrected chi connectivity index (χ0v) is 18.9. The molecule has 0 aromatic heterocycles. The average Bonchev–Trinajstić information content (AvgIpc) is 3.10. The number of carbonyl (C=O) groups is 3. The molecule has 1 aliphatic heterocycles. The van der Waals surface area contributed by atoms with Crippen molar-refractivity contribution < 1.29 is 14.4 Å². The molecule has 5 rings (SSSR count). The third-order valence-corrected chi connectivity index (χ3v) is 6.02. The van der Waals surface area contributed by atoms with Gasteiger partial charge in [0.15, 0.2) is 0 Å². The van der Waals surface area contributed by atoms with Crippen molar-refractivity contribution in [3.8, 4) is 11.1 Å². The minimum absolute atomic E-state index is 0.215. The maximum absolute atomic E-state index is 13.0. The Balaban J connectivity index is 1.44. The van der Waals surface area contributed by atoms with E-state index in [1.807, 2.05) is 54.6 Å². The van der Waals surface area contributed by atoms with E-state index in [2.05, 4.69) is 21.2 Å². The van der Waals surface area contributed by atoms with Gasteiger partial charge in [-0.3, -0.25) is 14.4 Å². The summed E-state index contributed by atoms with van der Waals surface area (Å²) in [5.74, 6) is -1.21. The smallest absolute Gasteiger partial charge is 0.266 e. The first-order valence-electron chi connectivity index (χ1n) is 10.3. The summed E-state index contributed by atoms with van der Waals surface area (Å²) in [7, 11) is 0. The second-order valence-corrected chi connectivity index (χ2v) is 8.46. The van der Waals surface area contributed by atoms with Crippen LogP contribution in [0, 0.1) is 0 Å². The standard InChI is InChI=1S/C27H17BrN2O3/c28-19-11-13-20(14-12-19)30-26(32)22-15-10-18(16-23(22)27(30)33)25(31)29-24-9-5-4-8-21(24)17-6-2-1-3-7-17/h1-16H,(H,29,31). The number of anilines is 2. The fraction of sp³-hybridized carbons (Fsp3) is 0. The number of fused-ring (bicyclic) bond motifs is 1. The Bertz CT molecular complexity index is 1400. The molecule has 4 aromatic carbocycles. The number of imide groups is 1. The molecule has 0 saturated heterocycles. The summed E-state index contributed by atoms with van der Waals surface area (Å²) in [6, 6.07) is 28.8. The van der Waals surface area contributed by atoms with E-state index in [1.165, 1.54) is 12.1 Å². The van der Waals surface area contributed by atoms with Gasteiger partial charge in [-0.15, -0.1) is 0 Å². The van der Waals surface area contributed by atoms with Gasteiger partial charge in [-0.25, -0.2) is 4.90 Å². The Hall–Kier alpha value is -4.03. The minimum Gasteiger partial charge on any atom is -0.321 e. The van der Waals surface area contributed by atoms with E-state index < -0.39 is 11.8 Å². The van der Waals surface area contributed by atoms with Crippen LogP contribution in [0.2, 0.25) is 0 Å². The van der Waals surface area contributed by atoms with Crippen LogP contribution in [-0.2, 0) is 0 Å². The Morgan fingerprint density at radius 1 is 0.697 bits per heavy atom. The molecule has 0 fully saturated rings. The monoisotopic (exact) mass is 496 g/mol. The molecule has 0 saturated carbocycles. The number of hydrogen-bond donors (Lipinski definition) is 1. The fourth-order valence-electron chi connectivity index (χ4n) is 3.86. The van der Waals surface area contributed by atoms with E-state index >= 15 is 0 Å². The van der Waals surface area contributed by atoms with Gasteiger partial charge in [0.25, 0.3) is 17.7 Å². The van der Waals surface area contributed by atoms with Crippen molar-refractivity contribution in [2.75, 3.05) is 10.2 Å². The van der Waals surface area contributed by atoms with Crippen LogP contribution < -0.4 is 10.2 Å². The second-order valence-electron chi connectivity index (χ2n) is 7.55. The van der Waals surface area contributed by atoms with Crippen LogP contribution >= 0.6 is 15.9 Å². The first-order valence-corrected chi connectivity index (χ1v) is 11.1. The summed E-state index contributed by atoms with van der Waals surface area (Å²) >= 11 is 3.35. The molecule has 0 radical (unpaired) electrons. The maximum Gasteiger partial charge on any atom is 0.266 e. The lowest BCUT2D eigenvalue weighted by molar-refractivity contribution is 0.0925. The van der Waals surface area contributed by atoms with Crippen LogP contribution in [0.15, 0.2) is 102 Å². The third-order valence-electron chi connectivity index (χ3n) is 5.49. The molecule has 5 nitrogen and oxygen atoms in total. The summed E-state index contributed by atoms with van der Waals surface area (Å²) in [6.07, 6.45) is 0. The lowest BCUT2D eigenvalue weighted by atomic mass is 10.0. The number of amides is 3. The normalized spacial score (nSPS) is 12.6. The Morgan fingerprint density at radius 2 is 1.36 bits per heavy atom. The van der Waals surface area contributed by atoms with Crippen LogP contribution in [0.4, 0.5) is 11.4 Å². The maximum atomic E-state index is 13.0. The van der Waals surface area contributed by atoms with Crippen molar-refractivity contribution in [2.45, 2.75) is 0 Å². The largest absolute Gasteiger partial charge is 0.321 e. The molecule has 33 heavy (non-hydrogen) atoms. The molecule has 6 heteroatoms. The first kappa shape index (κ1) is 20.8. The summed E-state index contributed by atoms with van der Waals surface area (Å²) in [6.45, 7) is 0. The van der Waals surface area contributed by atoms with Crippen LogP contribution in [0.5, 0.6) is 0 Å². The first-order chi connectivity index (χ1) is 16.0. The highest BCUT2D eigenvalue weighted by atomic mass is 79.9. The molecule has 1 N–H and O–H groups in total. The van der Waals surface area contributed by atoms with Gasteiger partial charge in [-0.2, -0.15) is 0 Å². The second kappa shape index (κ2) is 8.48. The molecule has 0 aliphatic carbocycles. The van der Waals surface area contributed by atoms with Crippen LogP contribution in [0.3, 0.4) is 0 Å². The molecule has 4 aromatic rings. The summed E-state index contributed by atoms with van der Waals surface area (Å²) in [5.41, 5.74) is 3.81. The Labute approximate surface area is 198 Å². The van der Waals surface area contributed by atoms with Crippen molar-refractivity contribution >= 4 is 45.0 Å². The number of rotatable bonds is 4. The van der Waals surface area contributed by atoms with Crippen molar-refractivity contribution in [1.29, 1.82) is 0 Å². The predicted octanol–water partition coefficient (Wildman–Crippen LogP) is 6.17. The van der Waals surface area contributed by atoms with Crippen molar-refractivity contribution in [2.24, 2.45) is 0 Å². The molecule has 0 unspecified atom stereocenters. The van der Waals surface area contributed by atoms with Gasteiger partial charge in [-0.1, -0.05) is 64.5 Å². The SMILES string of the molecule is O=C(Nc1ccccc1-c1ccccc1)c1ccc2c(c1)C(=O)N(c1ccc(Br)cc1)C2=O. The van der Waals surface area contributed by atoms with E-state index in [0.29, 0.717) is 16.9 Å². The molecule has 1 heterocycles. The average molecular weight is 497 g/mol. The van der Waals surface area contributed by atoms with E-state index in [0.717, 1.165) is 20.5 Å². The molecule has 0 bridgehead atoms. The number of para-hydroxylation sites is 1. The Morgan fingerprint density at radius 3 is 2.12 bits per heavy atom. The number of carbonyl (C=O) groups excluding carboxylic acids is 3. The number of nitrogens with zero attached hydrogens (tertiary/aromatic N) is 1. The van der Waals surface area contributed by atoms with Crippen LogP contribution in [0.25, 0.3) is 11.1 Å². The molecule has 160 valence electrons. The lowest BCUT2D eigenvalue weighted by Gasteiger charge is -2.13. The molecule has 0 atom stereocenters. The highest BCUT2D eigenvalue weighted by molar-refractivity contribution is 9.10. The number of hydrogen-bond acceptors (Lipinski definition) is 3. The Kier molecular flexibility index (Phi) is 5.36. The number of benzene rings is 4. The molecule has 0 spiro atoms. The summed E-state index contributed by atoms with van der Waals surface area (Å²) < 4.78 is 0.845. The third kappa shape index (κ3) is 3.85. The van der Waals surface area contributed by atoms with E-state index in [1.54, 1.807) is 30.3 Å². The van der Waals surface area contributed by atoms with Gasteiger partial charge >= 0.3 is 0 Å². The van der Waals surface area contributed by atoms with Crippen molar-refractivity contribution in [3.05, 3.63) is 118 Å². The highest BCUT2D eigenvalue weighted by Gasteiger charge is 2.37. The van der Waals surface area contributed by atoms with E-state index in [9.17, 15) is 14.4 Å². The summed E-state index contributed by atoms with van der Waals surface area (Å²) in [4.78, 5) is 40.1. The topological polar surface area (TPSA) is 66.5 Å². The van der Waals surface area contributed by atoms with Crippen molar-refractivity contribution in [3.63, 3.8) is 0 Å². The van der Waals surface area contributed by atoms with E-state index in [-0.39, 0.29) is 17.0 Å². The lowest BCUT2D eigenvalue weighted by Crippen LogP contribution is -2.29. The highest BCUT2D eigenvalue weighted by Crippen LogP contribution is 2.31. The van der Waals surface area contributed by atoms with Gasteiger partial charge in [-0.05, 0) is 54.1 Å².